The summed E-state index contributed by atoms with van der Waals surface area (Å²) in [4.78, 5) is 6.03. The van der Waals surface area contributed by atoms with Gasteiger partial charge in [0.2, 0.25) is 0 Å². The van der Waals surface area contributed by atoms with Gasteiger partial charge in [-0.2, -0.15) is 0 Å². The Kier molecular flexibility index (Phi) is 4.50. The smallest absolute Gasteiger partial charge is 0.0985 e. The number of hydrogen-bond acceptors (Lipinski definition) is 3. The number of rotatable bonds is 4. The van der Waals surface area contributed by atoms with Gasteiger partial charge in [-0.05, 0) is 20.8 Å². The van der Waals surface area contributed by atoms with Crippen molar-refractivity contribution in [3.05, 3.63) is 28.2 Å². The quantitative estimate of drug-likeness (QED) is 0.820. The summed E-state index contributed by atoms with van der Waals surface area (Å²) in [6, 6.07) is 0.654. The Hall–Kier alpha value is -0.670. The highest BCUT2D eigenvalue weighted by molar-refractivity contribution is 7.12. The summed E-state index contributed by atoms with van der Waals surface area (Å²) in [5.74, 6) is 0. The van der Waals surface area contributed by atoms with Crippen LogP contribution in [0.2, 0.25) is 0 Å². The van der Waals surface area contributed by atoms with Gasteiger partial charge in [0.05, 0.1) is 10.7 Å². The zero-order valence-electron chi connectivity index (χ0n) is 11.8. The molecule has 2 atom stereocenters. The van der Waals surface area contributed by atoms with Crippen molar-refractivity contribution in [2.24, 2.45) is 0 Å². The van der Waals surface area contributed by atoms with E-state index in [2.05, 4.69) is 58.4 Å². The SMILES string of the molecule is C=CC(C)NC(C)c1sc(C(C)(C)C)nc1C. The van der Waals surface area contributed by atoms with Crippen molar-refractivity contribution in [3.8, 4) is 0 Å². The molecule has 0 fully saturated rings. The van der Waals surface area contributed by atoms with E-state index in [1.165, 1.54) is 9.88 Å². The molecule has 96 valence electrons. The standard InChI is InChI=1S/C14H24N2S/c1-8-9(2)15-10(3)12-11(4)16-13(17-12)14(5,6)7/h8-10,15H,1H2,2-7H3. The van der Waals surface area contributed by atoms with Crippen LogP contribution < -0.4 is 5.32 Å². The maximum absolute atomic E-state index is 4.69. The van der Waals surface area contributed by atoms with Crippen LogP contribution in [0.25, 0.3) is 0 Å². The van der Waals surface area contributed by atoms with Crippen LogP contribution >= 0.6 is 11.3 Å². The molecular weight excluding hydrogens is 228 g/mol. The van der Waals surface area contributed by atoms with Crippen LogP contribution in [0.4, 0.5) is 0 Å². The Labute approximate surface area is 109 Å². The van der Waals surface area contributed by atoms with E-state index in [0.717, 1.165) is 5.69 Å². The molecule has 0 radical (unpaired) electrons. The first-order chi connectivity index (χ1) is 7.75. The first-order valence-electron chi connectivity index (χ1n) is 6.12. The molecule has 1 aromatic heterocycles. The molecule has 0 amide bonds. The molecule has 0 aliphatic carbocycles. The van der Waals surface area contributed by atoms with E-state index in [1.807, 2.05) is 17.4 Å². The van der Waals surface area contributed by atoms with E-state index in [4.69, 9.17) is 0 Å². The molecule has 3 heteroatoms. The van der Waals surface area contributed by atoms with Gasteiger partial charge < -0.3 is 5.32 Å². The Morgan fingerprint density at radius 2 is 1.94 bits per heavy atom. The molecule has 0 aromatic carbocycles. The molecule has 1 heterocycles. The van der Waals surface area contributed by atoms with Crippen molar-refractivity contribution in [2.45, 2.75) is 59.0 Å². The zero-order chi connectivity index (χ0) is 13.2. The first-order valence-corrected chi connectivity index (χ1v) is 6.93. The third-order valence-electron chi connectivity index (χ3n) is 2.73. The van der Waals surface area contributed by atoms with Gasteiger partial charge in [0, 0.05) is 22.4 Å². The second kappa shape index (κ2) is 5.32. The Balaban J connectivity index is 2.91. The van der Waals surface area contributed by atoms with Crippen molar-refractivity contribution < 1.29 is 0 Å². The zero-order valence-corrected chi connectivity index (χ0v) is 12.6. The highest BCUT2D eigenvalue weighted by Crippen LogP contribution is 2.32. The fraction of sp³-hybridized carbons (Fsp3) is 0.643. The topological polar surface area (TPSA) is 24.9 Å². The molecule has 1 N–H and O–H groups in total. The number of aromatic nitrogens is 1. The largest absolute Gasteiger partial charge is 0.303 e. The minimum absolute atomic E-state index is 0.136. The lowest BCUT2D eigenvalue weighted by Gasteiger charge is -2.17. The van der Waals surface area contributed by atoms with Crippen molar-refractivity contribution in [2.75, 3.05) is 0 Å². The molecule has 17 heavy (non-hydrogen) atoms. The average molecular weight is 252 g/mol. The van der Waals surface area contributed by atoms with Gasteiger partial charge in [-0.3, -0.25) is 0 Å². The van der Waals surface area contributed by atoms with E-state index in [-0.39, 0.29) is 5.41 Å². The third kappa shape index (κ3) is 3.65. The molecule has 1 aromatic rings. The number of nitrogens with one attached hydrogen (secondary N) is 1. The van der Waals surface area contributed by atoms with Crippen molar-refractivity contribution in [3.63, 3.8) is 0 Å². The Morgan fingerprint density at radius 1 is 1.35 bits per heavy atom. The van der Waals surface area contributed by atoms with Gasteiger partial charge in [0.25, 0.3) is 0 Å². The molecule has 0 saturated heterocycles. The van der Waals surface area contributed by atoms with Crippen LogP contribution in [0.1, 0.15) is 56.2 Å². The number of aryl methyl sites for hydroxylation is 1. The average Bonchev–Trinajstić information content (AvgIpc) is 2.59. The summed E-state index contributed by atoms with van der Waals surface area (Å²) < 4.78 is 0. The summed E-state index contributed by atoms with van der Waals surface area (Å²) in [5, 5.41) is 4.72. The fourth-order valence-electron chi connectivity index (χ4n) is 1.67. The number of thiazole rings is 1. The summed E-state index contributed by atoms with van der Waals surface area (Å²) in [6.07, 6.45) is 1.93. The maximum atomic E-state index is 4.69. The maximum Gasteiger partial charge on any atom is 0.0985 e. The summed E-state index contributed by atoms with van der Waals surface area (Å²) in [7, 11) is 0. The lowest BCUT2D eigenvalue weighted by Crippen LogP contribution is -2.26. The van der Waals surface area contributed by atoms with Crippen LogP contribution in [0.15, 0.2) is 12.7 Å². The van der Waals surface area contributed by atoms with Crippen LogP contribution in [0.5, 0.6) is 0 Å². The molecule has 0 spiro atoms. The van der Waals surface area contributed by atoms with E-state index in [9.17, 15) is 0 Å². The number of hydrogen-bond donors (Lipinski definition) is 1. The van der Waals surface area contributed by atoms with Crippen LogP contribution in [0, 0.1) is 6.92 Å². The molecule has 2 nitrogen and oxygen atoms in total. The van der Waals surface area contributed by atoms with E-state index in [1.54, 1.807) is 0 Å². The molecule has 0 saturated carbocycles. The summed E-state index contributed by atoms with van der Waals surface area (Å²) in [5.41, 5.74) is 1.29. The van der Waals surface area contributed by atoms with Gasteiger partial charge in [-0.25, -0.2) is 4.98 Å². The van der Waals surface area contributed by atoms with Crippen molar-refractivity contribution in [1.82, 2.24) is 10.3 Å². The van der Waals surface area contributed by atoms with Crippen LogP contribution in [-0.2, 0) is 5.41 Å². The van der Waals surface area contributed by atoms with E-state index >= 15 is 0 Å². The minimum Gasteiger partial charge on any atom is -0.303 e. The molecule has 0 bridgehead atoms. The number of nitrogens with zero attached hydrogens (tertiary/aromatic N) is 1. The molecule has 1 rings (SSSR count). The normalized spacial score (nSPS) is 15.6. The van der Waals surface area contributed by atoms with Gasteiger partial charge >= 0.3 is 0 Å². The summed E-state index contributed by atoms with van der Waals surface area (Å²) >= 11 is 1.82. The van der Waals surface area contributed by atoms with Gasteiger partial charge in [-0.1, -0.05) is 26.8 Å². The van der Waals surface area contributed by atoms with Gasteiger partial charge in [0.1, 0.15) is 0 Å². The van der Waals surface area contributed by atoms with Gasteiger partial charge in [-0.15, -0.1) is 17.9 Å². The Morgan fingerprint density at radius 3 is 2.35 bits per heavy atom. The Bertz CT molecular complexity index is 387. The van der Waals surface area contributed by atoms with Crippen LogP contribution in [-0.4, -0.2) is 11.0 Å². The third-order valence-corrected chi connectivity index (χ3v) is 4.50. The molecule has 0 aliphatic rings. The second-order valence-corrected chi connectivity index (χ2v) is 6.66. The van der Waals surface area contributed by atoms with E-state index < -0.39 is 0 Å². The highest BCUT2D eigenvalue weighted by Gasteiger charge is 2.22. The first kappa shape index (κ1) is 14.4. The molecule has 0 aliphatic heterocycles. The monoisotopic (exact) mass is 252 g/mol. The predicted molar refractivity (Wildman–Crippen MR) is 76.8 cm³/mol. The van der Waals surface area contributed by atoms with E-state index in [0.29, 0.717) is 12.1 Å². The minimum atomic E-state index is 0.136. The molecular formula is C14H24N2S. The molecule has 2 unspecified atom stereocenters. The predicted octanol–water partition coefficient (Wildman–Crippen LogP) is 3.97. The fourth-order valence-corrected chi connectivity index (χ4v) is 2.80. The van der Waals surface area contributed by atoms with Crippen molar-refractivity contribution >= 4 is 11.3 Å². The highest BCUT2D eigenvalue weighted by atomic mass is 32.1. The van der Waals surface area contributed by atoms with Crippen LogP contribution in [0.3, 0.4) is 0 Å². The van der Waals surface area contributed by atoms with Gasteiger partial charge in [0.15, 0.2) is 0 Å². The lowest BCUT2D eigenvalue weighted by molar-refractivity contribution is 0.541. The van der Waals surface area contributed by atoms with Crippen molar-refractivity contribution in [1.29, 1.82) is 0 Å². The second-order valence-electron chi connectivity index (χ2n) is 5.63. The summed E-state index contributed by atoms with van der Waals surface area (Å²) in [6.45, 7) is 16.8. The lowest BCUT2D eigenvalue weighted by atomic mass is 9.98.